The van der Waals surface area contributed by atoms with E-state index < -0.39 is 6.09 Å². The molecule has 1 aromatic carbocycles. The molecule has 0 bridgehead atoms. The van der Waals surface area contributed by atoms with Crippen molar-refractivity contribution in [1.29, 1.82) is 0 Å². The zero-order chi connectivity index (χ0) is 18.8. The van der Waals surface area contributed by atoms with Crippen LogP contribution in [0.5, 0.6) is 11.5 Å². The molecule has 134 valence electrons. The van der Waals surface area contributed by atoms with Crippen LogP contribution in [0.15, 0.2) is 12.1 Å². The Labute approximate surface area is 152 Å². The number of ether oxygens (including phenoxy) is 3. The van der Waals surface area contributed by atoms with Crippen molar-refractivity contribution in [3.8, 4) is 22.8 Å². The summed E-state index contributed by atoms with van der Waals surface area (Å²) in [6, 6.07) is 3.40. The monoisotopic (exact) mass is 354 g/mol. The van der Waals surface area contributed by atoms with E-state index in [1.165, 1.54) is 7.11 Å². The highest BCUT2D eigenvalue weighted by Gasteiger charge is 2.30. The van der Waals surface area contributed by atoms with Crippen molar-refractivity contribution >= 4 is 25.4 Å². The maximum absolute atomic E-state index is 12.1. The minimum absolute atomic E-state index is 0.113. The minimum Gasteiger partial charge on any atom is -0.497 e. The predicted octanol–water partition coefficient (Wildman–Crippen LogP) is 1.01. The molecule has 0 saturated carbocycles. The summed E-state index contributed by atoms with van der Waals surface area (Å²) in [7, 11) is 9.03. The Morgan fingerprint density at radius 2 is 1.96 bits per heavy atom. The molecule has 0 aliphatic carbocycles. The third-order valence-corrected chi connectivity index (χ3v) is 4.13. The van der Waals surface area contributed by atoms with Gasteiger partial charge in [-0.1, -0.05) is 5.46 Å². The van der Waals surface area contributed by atoms with E-state index in [9.17, 15) is 4.79 Å². The van der Waals surface area contributed by atoms with Crippen LogP contribution < -0.4 is 20.7 Å². The van der Waals surface area contributed by atoms with Crippen molar-refractivity contribution in [2.75, 3.05) is 26.6 Å². The molecule has 2 heterocycles. The number of fused-ring (bicyclic) bond motifs is 1. The second kappa shape index (κ2) is 7.11. The lowest BCUT2D eigenvalue weighted by Gasteiger charge is -2.16. The second-order valence-electron chi connectivity index (χ2n) is 5.71. The number of hydrogen-bond acceptors (Lipinski definition) is 7. The molecule has 2 radical (unpaired) electrons. The number of methoxy groups -OCH3 is 2. The van der Waals surface area contributed by atoms with Crippen molar-refractivity contribution in [3.63, 3.8) is 0 Å². The van der Waals surface area contributed by atoms with E-state index in [2.05, 4.69) is 9.97 Å². The number of nitrogens with zero attached hydrogens (tertiary/aromatic N) is 3. The molecule has 3 rings (SSSR count). The molecular weight excluding hydrogens is 335 g/mol. The number of aromatic nitrogens is 2. The van der Waals surface area contributed by atoms with Crippen LogP contribution in [0.1, 0.15) is 18.2 Å². The second-order valence-corrected chi connectivity index (χ2v) is 5.71. The summed E-state index contributed by atoms with van der Waals surface area (Å²) in [6.45, 7) is 2.69. The molecule has 0 fully saturated rings. The third kappa shape index (κ3) is 3.12. The van der Waals surface area contributed by atoms with E-state index in [1.54, 1.807) is 31.1 Å². The fourth-order valence-electron chi connectivity index (χ4n) is 2.95. The quantitative estimate of drug-likeness (QED) is 0.818. The van der Waals surface area contributed by atoms with Gasteiger partial charge in [0.05, 0.1) is 45.3 Å². The van der Waals surface area contributed by atoms with Crippen LogP contribution in [0.2, 0.25) is 0 Å². The first-order valence-electron chi connectivity index (χ1n) is 8.07. The van der Waals surface area contributed by atoms with Crippen molar-refractivity contribution in [2.24, 2.45) is 0 Å². The van der Waals surface area contributed by atoms with Gasteiger partial charge in [-0.15, -0.1) is 0 Å². The average Bonchev–Trinajstić information content (AvgIpc) is 3.05. The first kappa shape index (κ1) is 17.8. The van der Waals surface area contributed by atoms with Crippen molar-refractivity contribution in [2.45, 2.75) is 20.0 Å². The maximum atomic E-state index is 12.1. The molecule has 2 N–H and O–H groups in total. The van der Waals surface area contributed by atoms with Gasteiger partial charge in [-0.25, -0.2) is 14.8 Å². The fourth-order valence-corrected chi connectivity index (χ4v) is 2.95. The molecule has 0 atom stereocenters. The van der Waals surface area contributed by atoms with Gasteiger partial charge >= 0.3 is 6.09 Å². The number of nitrogens with two attached hydrogens (primary N) is 1. The maximum Gasteiger partial charge on any atom is 0.410 e. The van der Waals surface area contributed by atoms with Crippen molar-refractivity contribution < 1.29 is 19.0 Å². The van der Waals surface area contributed by atoms with Gasteiger partial charge in [0, 0.05) is 11.1 Å². The third-order valence-electron chi connectivity index (χ3n) is 4.13. The molecular formula is C17H19BN4O4. The molecule has 26 heavy (non-hydrogen) atoms. The molecule has 1 amide bonds. The first-order chi connectivity index (χ1) is 12.5. The summed E-state index contributed by atoms with van der Waals surface area (Å²) >= 11 is 0. The number of rotatable bonds is 4. The van der Waals surface area contributed by atoms with Crippen LogP contribution in [-0.4, -0.2) is 49.6 Å². The van der Waals surface area contributed by atoms with E-state index in [1.807, 2.05) is 0 Å². The normalized spacial score (nSPS) is 12.7. The zero-order valence-electron chi connectivity index (χ0n) is 14.9. The Bertz CT molecular complexity index is 859. The molecule has 1 aliphatic rings. The Kier molecular flexibility index (Phi) is 4.88. The van der Waals surface area contributed by atoms with Gasteiger partial charge in [-0.3, -0.25) is 4.90 Å². The molecule has 0 saturated heterocycles. The van der Waals surface area contributed by atoms with Crippen LogP contribution >= 0.6 is 0 Å². The zero-order valence-corrected chi connectivity index (χ0v) is 14.9. The van der Waals surface area contributed by atoms with Crippen molar-refractivity contribution in [1.82, 2.24) is 14.9 Å². The van der Waals surface area contributed by atoms with Gasteiger partial charge in [-0.05, 0) is 19.1 Å². The standard InChI is InChI=1S/C17H19BN4O4/c1-4-26-17(23)22-7-10-12(8-22)20-16(19)21-15(10)9-5-14(25-3)11(18)6-13(9)24-2/h5-6H,4,7-8H2,1-3H3,(H2,19,20,21). The van der Waals surface area contributed by atoms with Crippen LogP contribution in [0.4, 0.5) is 10.7 Å². The van der Waals surface area contributed by atoms with Gasteiger partial charge < -0.3 is 19.9 Å². The van der Waals surface area contributed by atoms with Crippen LogP contribution in [-0.2, 0) is 17.8 Å². The predicted molar refractivity (Wildman–Crippen MR) is 96.6 cm³/mol. The number of anilines is 1. The highest BCUT2D eigenvalue weighted by atomic mass is 16.6. The van der Waals surface area contributed by atoms with E-state index in [0.717, 1.165) is 5.56 Å². The van der Waals surface area contributed by atoms with Gasteiger partial charge in [0.2, 0.25) is 5.95 Å². The number of carbonyl (C=O) groups excluding carboxylic acids is 1. The molecule has 0 spiro atoms. The molecule has 0 unspecified atom stereocenters. The highest BCUT2D eigenvalue weighted by molar-refractivity contribution is 6.34. The number of amides is 1. The van der Waals surface area contributed by atoms with Crippen molar-refractivity contribution in [3.05, 3.63) is 23.4 Å². The van der Waals surface area contributed by atoms with Crippen LogP contribution in [0, 0.1) is 0 Å². The summed E-state index contributed by atoms with van der Waals surface area (Å²) in [6.07, 6.45) is -0.406. The average molecular weight is 354 g/mol. The Balaban J connectivity index is 2.11. The Morgan fingerprint density at radius 3 is 2.62 bits per heavy atom. The first-order valence-corrected chi connectivity index (χ1v) is 8.07. The number of hydrogen-bond donors (Lipinski definition) is 1. The fraction of sp³-hybridized carbons (Fsp3) is 0.353. The SMILES string of the molecule is [B]c1cc(OC)c(-c2nc(N)nc3c2CN(C(=O)OCC)C3)cc1OC. The van der Waals surface area contributed by atoms with Gasteiger partial charge in [0.15, 0.2) is 0 Å². The Morgan fingerprint density at radius 1 is 1.23 bits per heavy atom. The number of benzene rings is 1. The number of nitrogen functional groups attached to an aromatic ring is 1. The van der Waals surface area contributed by atoms with E-state index in [-0.39, 0.29) is 5.95 Å². The number of carbonyl (C=O) groups is 1. The molecule has 1 aliphatic heterocycles. The van der Waals surface area contributed by atoms with Crippen LogP contribution in [0.25, 0.3) is 11.3 Å². The highest BCUT2D eigenvalue weighted by Crippen LogP contribution is 2.37. The van der Waals surface area contributed by atoms with Crippen LogP contribution in [0.3, 0.4) is 0 Å². The van der Waals surface area contributed by atoms with Gasteiger partial charge in [-0.2, -0.15) is 0 Å². The minimum atomic E-state index is -0.406. The van der Waals surface area contributed by atoms with E-state index in [0.29, 0.717) is 53.6 Å². The lowest BCUT2D eigenvalue weighted by Crippen LogP contribution is -2.26. The summed E-state index contributed by atoms with van der Waals surface area (Å²) < 4.78 is 15.8. The smallest absolute Gasteiger partial charge is 0.410 e. The molecule has 9 heteroatoms. The molecule has 1 aromatic heterocycles. The van der Waals surface area contributed by atoms with Gasteiger partial charge in [0.25, 0.3) is 0 Å². The largest absolute Gasteiger partial charge is 0.497 e. The summed E-state index contributed by atoms with van der Waals surface area (Å²) in [5.74, 6) is 1.13. The van der Waals surface area contributed by atoms with E-state index >= 15 is 0 Å². The lowest BCUT2D eigenvalue weighted by molar-refractivity contribution is 0.106. The Hall–Kier alpha value is -2.97. The summed E-state index contributed by atoms with van der Waals surface area (Å²) in [5.41, 5.74) is 9.04. The topological polar surface area (TPSA) is 99.8 Å². The lowest BCUT2D eigenvalue weighted by atomic mass is 9.91. The molecule has 8 nitrogen and oxygen atoms in total. The molecule has 2 aromatic rings. The summed E-state index contributed by atoms with van der Waals surface area (Å²) in [5, 5.41) is 0. The van der Waals surface area contributed by atoms with Gasteiger partial charge in [0.1, 0.15) is 19.3 Å². The van der Waals surface area contributed by atoms with E-state index in [4.69, 9.17) is 27.8 Å². The summed E-state index contributed by atoms with van der Waals surface area (Å²) in [4.78, 5) is 22.3.